The molecule has 1 aliphatic heterocycles. The molecule has 0 aliphatic carbocycles. The smallest absolute Gasteiger partial charge is 0.272 e. The van der Waals surface area contributed by atoms with E-state index in [0.29, 0.717) is 35.7 Å². The van der Waals surface area contributed by atoms with Crippen LogP contribution in [-0.2, 0) is 20.3 Å². The fourth-order valence-electron chi connectivity index (χ4n) is 3.67. The number of nitrogens with zero attached hydrogens (tertiary/aromatic N) is 2. The normalized spacial score (nSPS) is 15.7. The summed E-state index contributed by atoms with van der Waals surface area (Å²) in [5.41, 5.74) is 3.11. The molecular formula is C20H23N3O5S. The van der Waals surface area contributed by atoms with Crippen molar-refractivity contribution in [3.05, 3.63) is 52.2 Å². The molecule has 0 amide bonds. The number of fused-ring (bicyclic) bond motifs is 1. The van der Waals surface area contributed by atoms with Gasteiger partial charge in [0.1, 0.15) is 11.6 Å². The Labute approximate surface area is 168 Å². The molecular weight excluding hydrogens is 394 g/mol. The first-order valence-corrected chi connectivity index (χ1v) is 11.5. The lowest BCUT2D eigenvalue weighted by atomic mass is 10.1. The van der Waals surface area contributed by atoms with Crippen LogP contribution in [0.1, 0.15) is 24.0 Å². The molecule has 3 aromatic heterocycles. The van der Waals surface area contributed by atoms with Crippen molar-refractivity contribution < 1.29 is 17.9 Å². The zero-order valence-electron chi connectivity index (χ0n) is 16.3. The Bertz CT molecular complexity index is 1210. The molecule has 0 atom stereocenters. The standard InChI is InChI=1S/C20H23N3O5S/c1-13-9-17(23-6-5-21-19(24)18(13)23)16-10-14(12-29(2,25)26)11-22-20(16)28-15-3-7-27-8-4-15/h5-6,9-11,15H,3-4,7-8,12H2,1-2H3,(H,21,24). The highest BCUT2D eigenvalue weighted by Crippen LogP contribution is 2.33. The van der Waals surface area contributed by atoms with Crippen molar-refractivity contribution in [2.24, 2.45) is 0 Å². The fourth-order valence-corrected chi connectivity index (χ4v) is 4.43. The maximum Gasteiger partial charge on any atom is 0.272 e. The van der Waals surface area contributed by atoms with Crippen LogP contribution in [0.5, 0.6) is 5.88 Å². The van der Waals surface area contributed by atoms with Crippen molar-refractivity contribution in [3.63, 3.8) is 0 Å². The summed E-state index contributed by atoms with van der Waals surface area (Å²) in [4.78, 5) is 19.4. The molecule has 154 valence electrons. The van der Waals surface area contributed by atoms with Gasteiger partial charge in [0.2, 0.25) is 5.88 Å². The Balaban J connectivity index is 1.85. The minimum atomic E-state index is -3.22. The minimum Gasteiger partial charge on any atom is -0.474 e. The number of aromatic amines is 1. The van der Waals surface area contributed by atoms with E-state index in [0.717, 1.165) is 24.1 Å². The second-order valence-corrected chi connectivity index (χ2v) is 9.56. The summed E-state index contributed by atoms with van der Waals surface area (Å²) in [5.74, 6) is 0.307. The Kier molecular flexibility index (Phi) is 5.18. The van der Waals surface area contributed by atoms with Gasteiger partial charge in [-0.05, 0) is 30.2 Å². The molecule has 4 heterocycles. The molecule has 1 saturated heterocycles. The number of hydrogen-bond acceptors (Lipinski definition) is 6. The molecule has 1 aliphatic rings. The summed E-state index contributed by atoms with van der Waals surface area (Å²) in [6.07, 6.45) is 7.57. The largest absolute Gasteiger partial charge is 0.474 e. The van der Waals surface area contributed by atoms with Crippen LogP contribution in [0, 0.1) is 6.92 Å². The van der Waals surface area contributed by atoms with Crippen LogP contribution in [0.4, 0.5) is 0 Å². The predicted octanol–water partition coefficient (Wildman–Crippen LogP) is 2.10. The third-order valence-corrected chi connectivity index (χ3v) is 5.80. The van der Waals surface area contributed by atoms with Crippen molar-refractivity contribution in [2.75, 3.05) is 19.5 Å². The summed E-state index contributed by atoms with van der Waals surface area (Å²) in [5, 5.41) is 0. The highest BCUT2D eigenvalue weighted by atomic mass is 32.2. The zero-order valence-corrected chi connectivity index (χ0v) is 17.2. The molecule has 1 fully saturated rings. The van der Waals surface area contributed by atoms with E-state index in [1.165, 1.54) is 12.5 Å². The van der Waals surface area contributed by atoms with Crippen molar-refractivity contribution in [2.45, 2.75) is 31.6 Å². The monoisotopic (exact) mass is 417 g/mol. The summed E-state index contributed by atoms with van der Waals surface area (Å²) in [6, 6.07) is 3.67. The SMILES string of the molecule is Cc1cc(-c2cc(CS(C)(=O)=O)cnc2OC2CCOCC2)n2cc[nH]c(=O)c12. The first-order chi connectivity index (χ1) is 13.8. The van der Waals surface area contributed by atoms with Crippen molar-refractivity contribution >= 4 is 15.4 Å². The summed E-state index contributed by atoms with van der Waals surface area (Å²) < 4.78 is 36.9. The molecule has 0 spiro atoms. The molecule has 9 heteroatoms. The lowest BCUT2D eigenvalue weighted by molar-refractivity contribution is 0.0240. The number of hydrogen-bond donors (Lipinski definition) is 1. The number of H-pyrrole nitrogens is 1. The molecule has 0 radical (unpaired) electrons. The van der Waals surface area contributed by atoms with E-state index >= 15 is 0 Å². The molecule has 8 nitrogen and oxygen atoms in total. The highest BCUT2D eigenvalue weighted by molar-refractivity contribution is 7.89. The lowest BCUT2D eigenvalue weighted by Gasteiger charge is -2.24. The molecule has 0 aromatic carbocycles. The number of aryl methyl sites for hydroxylation is 1. The quantitative estimate of drug-likeness (QED) is 0.682. The molecule has 4 rings (SSSR count). The Hall–Kier alpha value is -2.65. The summed E-state index contributed by atoms with van der Waals surface area (Å²) in [7, 11) is -3.22. The van der Waals surface area contributed by atoms with E-state index < -0.39 is 9.84 Å². The van der Waals surface area contributed by atoms with Gasteiger partial charge in [0, 0.05) is 37.7 Å². The van der Waals surface area contributed by atoms with Crippen LogP contribution in [-0.4, -0.2) is 48.4 Å². The molecule has 3 aromatic rings. The minimum absolute atomic E-state index is 0.0218. The van der Waals surface area contributed by atoms with Crippen LogP contribution < -0.4 is 10.3 Å². The van der Waals surface area contributed by atoms with Gasteiger partial charge in [-0.15, -0.1) is 0 Å². The van der Waals surface area contributed by atoms with Crippen LogP contribution >= 0.6 is 0 Å². The molecule has 29 heavy (non-hydrogen) atoms. The zero-order chi connectivity index (χ0) is 20.6. The van der Waals surface area contributed by atoms with Gasteiger partial charge in [0.05, 0.1) is 30.2 Å². The topological polar surface area (TPSA) is 103 Å². The molecule has 0 unspecified atom stereocenters. The van der Waals surface area contributed by atoms with E-state index in [-0.39, 0.29) is 17.4 Å². The summed E-state index contributed by atoms with van der Waals surface area (Å²) in [6.45, 7) is 3.13. The van der Waals surface area contributed by atoms with Gasteiger partial charge in [0.15, 0.2) is 9.84 Å². The van der Waals surface area contributed by atoms with Gasteiger partial charge >= 0.3 is 0 Å². The molecule has 0 saturated carbocycles. The van der Waals surface area contributed by atoms with E-state index in [1.807, 2.05) is 13.0 Å². The first-order valence-electron chi connectivity index (χ1n) is 9.42. The van der Waals surface area contributed by atoms with Gasteiger partial charge in [-0.1, -0.05) is 0 Å². The van der Waals surface area contributed by atoms with Crippen LogP contribution in [0.15, 0.2) is 35.5 Å². The number of aromatic nitrogens is 3. The number of ether oxygens (including phenoxy) is 2. The number of rotatable bonds is 5. The van der Waals surface area contributed by atoms with Gasteiger partial charge in [-0.3, -0.25) is 4.79 Å². The Morgan fingerprint density at radius 3 is 2.79 bits per heavy atom. The number of nitrogens with one attached hydrogen (secondary N) is 1. The average molecular weight is 417 g/mol. The van der Waals surface area contributed by atoms with Crippen molar-refractivity contribution in [1.82, 2.24) is 14.4 Å². The Morgan fingerprint density at radius 1 is 1.31 bits per heavy atom. The van der Waals surface area contributed by atoms with E-state index in [9.17, 15) is 13.2 Å². The van der Waals surface area contributed by atoms with Gasteiger partial charge in [-0.2, -0.15) is 0 Å². The maximum absolute atomic E-state index is 12.3. The third kappa shape index (κ3) is 4.20. The number of sulfone groups is 1. The second kappa shape index (κ2) is 7.64. The fraction of sp³-hybridized carbons (Fsp3) is 0.400. The molecule has 0 bridgehead atoms. The van der Waals surface area contributed by atoms with Crippen molar-refractivity contribution in [3.8, 4) is 17.1 Å². The van der Waals surface area contributed by atoms with Crippen molar-refractivity contribution in [1.29, 1.82) is 0 Å². The average Bonchev–Trinajstić information content (AvgIpc) is 3.00. The summed E-state index contributed by atoms with van der Waals surface area (Å²) >= 11 is 0. The van der Waals surface area contributed by atoms with E-state index in [4.69, 9.17) is 9.47 Å². The lowest BCUT2D eigenvalue weighted by Crippen LogP contribution is -2.26. The maximum atomic E-state index is 12.3. The molecule has 1 N–H and O–H groups in total. The van der Waals surface area contributed by atoms with Crippen LogP contribution in [0.25, 0.3) is 16.8 Å². The van der Waals surface area contributed by atoms with Crippen LogP contribution in [0.2, 0.25) is 0 Å². The Morgan fingerprint density at radius 2 is 2.07 bits per heavy atom. The highest BCUT2D eigenvalue weighted by Gasteiger charge is 2.21. The third-order valence-electron chi connectivity index (χ3n) is 4.94. The van der Waals surface area contributed by atoms with Gasteiger partial charge in [-0.25, -0.2) is 13.4 Å². The van der Waals surface area contributed by atoms with Crippen LogP contribution in [0.3, 0.4) is 0 Å². The van der Waals surface area contributed by atoms with E-state index in [1.54, 1.807) is 22.9 Å². The number of pyridine rings is 1. The second-order valence-electron chi connectivity index (χ2n) is 7.42. The van der Waals surface area contributed by atoms with E-state index in [2.05, 4.69) is 9.97 Å². The predicted molar refractivity (Wildman–Crippen MR) is 109 cm³/mol. The first kappa shape index (κ1) is 19.7. The van der Waals surface area contributed by atoms with Gasteiger partial charge < -0.3 is 18.9 Å². The van der Waals surface area contributed by atoms with Gasteiger partial charge in [0.25, 0.3) is 5.56 Å².